The van der Waals surface area contributed by atoms with Crippen molar-refractivity contribution in [1.29, 1.82) is 0 Å². The molecule has 0 aromatic heterocycles. The summed E-state index contributed by atoms with van der Waals surface area (Å²) in [6.07, 6.45) is -9.94. The molecule has 7 heteroatoms. The molecule has 0 aromatic rings. The Labute approximate surface area is 82.6 Å². The lowest BCUT2D eigenvalue weighted by atomic mass is 10.2. The summed E-state index contributed by atoms with van der Waals surface area (Å²) in [5.74, 6) is -0.470. The van der Waals surface area contributed by atoms with Gasteiger partial charge in [0, 0.05) is 6.42 Å². The van der Waals surface area contributed by atoms with Gasteiger partial charge in [-0.1, -0.05) is 6.58 Å². The smallest absolute Gasteiger partial charge is 0.361 e. The maximum atomic E-state index is 12.4. The van der Waals surface area contributed by atoms with Crippen molar-refractivity contribution in [1.82, 2.24) is 0 Å². The number of carbonyl (C=O) groups is 1. The number of hydrogen-bond acceptors (Lipinski definition) is 3. The fourth-order valence-electron chi connectivity index (χ4n) is 0.999. The van der Waals surface area contributed by atoms with Gasteiger partial charge in [-0.05, 0) is 6.08 Å². The number of allylic oxidation sites excluding steroid dienone is 1. The van der Waals surface area contributed by atoms with Crippen LogP contribution in [-0.2, 0) is 14.3 Å². The van der Waals surface area contributed by atoms with Crippen LogP contribution >= 0.6 is 0 Å². The highest BCUT2D eigenvalue weighted by Gasteiger charge is 2.72. The van der Waals surface area contributed by atoms with Crippen LogP contribution in [0.25, 0.3) is 0 Å². The quantitative estimate of drug-likeness (QED) is 0.531. The van der Waals surface area contributed by atoms with E-state index in [4.69, 9.17) is 0 Å². The third kappa shape index (κ3) is 2.54. The molecular weight excluding hydrogens is 220 g/mol. The fraction of sp³-hybridized carbons (Fsp3) is 0.625. The molecule has 0 bridgehead atoms. The van der Waals surface area contributed by atoms with Gasteiger partial charge in [0.2, 0.25) is 6.10 Å². The summed E-state index contributed by atoms with van der Waals surface area (Å²) in [5.41, 5.74) is 0. The van der Waals surface area contributed by atoms with E-state index >= 15 is 0 Å². The molecule has 0 saturated carbocycles. The molecule has 0 atom stereocenters. The monoisotopic (exact) mass is 228 g/mol. The molecule has 1 rings (SSSR count). The van der Waals surface area contributed by atoms with Crippen LogP contribution in [0.3, 0.4) is 0 Å². The predicted octanol–water partition coefficient (Wildman–Crippen LogP) is 1.73. The van der Waals surface area contributed by atoms with Crippen molar-refractivity contribution in [2.75, 3.05) is 6.61 Å². The number of halogens is 4. The van der Waals surface area contributed by atoms with Gasteiger partial charge in [0.25, 0.3) is 0 Å². The van der Waals surface area contributed by atoms with E-state index in [1.165, 1.54) is 0 Å². The fourth-order valence-corrected chi connectivity index (χ4v) is 0.999. The van der Waals surface area contributed by atoms with E-state index in [0.717, 1.165) is 6.08 Å². The van der Waals surface area contributed by atoms with Gasteiger partial charge in [0.1, 0.15) is 0 Å². The Kier molecular flexibility index (Phi) is 3.15. The zero-order valence-corrected chi connectivity index (χ0v) is 7.51. The SMILES string of the molecule is C=CC(=O)CCOC1C(F)(F)OC1(F)F. The Hall–Kier alpha value is -0.950. The Balaban J connectivity index is 2.38. The first-order valence-electron chi connectivity index (χ1n) is 4.02. The summed E-state index contributed by atoms with van der Waals surface area (Å²) in [5, 5.41) is 0. The maximum Gasteiger partial charge on any atom is 0.395 e. The van der Waals surface area contributed by atoms with Gasteiger partial charge in [0.05, 0.1) is 6.61 Å². The number of ketones is 1. The third-order valence-corrected chi connectivity index (χ3v) is 1.74. The maximum absolute atomic E-state index is 12.4. The number of rotatable bonds is 5. The first-order valence-corrected chi connectivity index (χ1v) is 4.02. The minimum Gasteiger partial charge on any atom is -0.361 e. The van der Waals surface area contributed by atoms with Crippen molar-refractivity contribution >= 4 is 5.78 Å². The molecule has 1 aliphatic rings. The minimum atomic E-state index is -4.00. The highest BCUT2D eigenvalue weighted by Crippen LogP contribution is 2.48. The van der Waals surface area contributed by atoms with Crippen molar-refractivity contribution in [2.24, 2.45) is 0 Å². The summed E-state index contributed by atoms with van der Waals surface area (Å²) in [6.45, 7) is 2.60. The molecule has 0 unspecified atom stereocenters. The van der Waals surface area contributed by atoms with E-state index in [1.807, 2.05) is 0 Å². The van der Waals surface area contributed by atoms with E-state index in [1.54, 1.807) is 0 Å². The van der Waals surface area contributed by atoms with E-state index in [-0.39, 0.29) is 6.42 Å². The zero-order chi connectivity index (χ0) is 11.7. The number of ether oxygens (including phenoxy) is 2. The molecule has 0 radical (unpaired) electrons. The average Bonchev–Trinajstić information content (AvgIpc) is 2.09. The van der Waals surface area contributed by atoms with Crippen molar-refractivity contribution < 1.29 is 31.8 Å². The molecule has 0 aliphatic carbocycles. The van der Waals surface area contributed by atoms with Crippen molar-refractivity contribution in [3.63, 3.8) is 0 Å². The summed E-state index contributed by atoms with van der Waals surface area (Å²) >= 11 is 0. The van der Waals surface area contributed by atoms with E-state index in [2.05, 4.69) is 16.1 Å². The normalized spacial score (nSPS) is 23.2. The minimum absolute atomic E-state index is 0.272. The second-order valence-electron chi connectivity index (χ2n) is 2.90. The Morgan fingerprint density at radius 1 is 1.40 bits per heavy atom. The van der Waals surface area contributed by atoms with Crippen LogP contribution in [0.5, 0.6) is 0 Å². The van der Waals surface area contributed by atoms with E-state index in [0.29, 0.717) is 0 Å². The van der Waals surface area contributed by atoms with Gasteiger partial charge in [-0.25, -0.2) is 0 Å². The summed E-state index contributed by atoms with van der Waals surface area (Å²) in [4.78, 5) is 10.6. The first kappa shape index (κ1) is 12.1. The van der Waals surface area contributed by atoms with Gasteiger partial charge in [0.15, 0.2) is 5.78 Å². The number of hydrogen-bond donors (Lipinski definition) is 0. The van der Waals surface area contributed by atoms with Crippen LogP contribution in [0.4, 0.5) is 17.6 Å². The molecule has 15 heavy (non-hydrogen) atoms. The Morgan fingerprint density at radius 3 is 2.33 bits per heavy atom. The first-order chi connectivity index (χ1) is 6.79. The lowest BCUT2D eigenvalue weighted by Crippen LogP contribution is -2.65. The lowest BCUT2D eigenvalue weighted by Gasteiger charge is -2.41. The van der Waals surface area contributed by atoms with Crippen molar-refractivity contribution in [2.45, 2.75) is 24.7 Å². The van der Waals surface area contributed by atoms with Crippen LogP contribution in [-0.4, -0.2) is 30.7 Å². The third-order valence-electron chi connectivity index (χ3n) is 1.74. The second kappa shape index (κ2) is 3.90. The molecule has 1 aliphatic heterocycles. The number of carbonyl (C=O) groups excluding carboxylic acids is 1. The summed E-state index contributed by atoms with van der Waals surface area (Å²) < 4.78 is 56.7. The van der Waals surface area contributed by atoms with E-state index in [9.17, 15) is 22.4 Å². The molecule has 0 amide bonds. The van der Waals surface area contributed by atoms with Gasteiger partial charge in [-0.15, -0.1) is 0 Å². The molecule has 1 saturated heterocycles. The number of alkyl halides is 4. The molecule has 3 nitrogen and oxygen atoms in total. The molecule has 0 spiro atoms. The second-order valence-corrected chi connectivity index (χ2v) is 2.90. The summed E-state index contributed by atoms with van der Waals surface area (Å²) in [7, 11) is 0. The van der Waals surface area contributed by atoms with Crippen LogP contribution in [0.2, 0.25) is 0 Å². The predicted molar refractivity (Wildman–Crippen MR) is 40.5 cm³/mol. The molecule has 1 fully saturated rings. The van der Waals surface area contributed by atoms with Crippen molar-refractivity contribution in [3.05, 3.63) is 12.7 Å². The zero-order valence-electron chi connectivity index (χ0n) is 7.51. The van der Waals surface area contributed by atoms with Gasteiger partial charge in [-0.3, -0.25) is 9.53 Å². The van der Waals surface area contributed by atoms with Crippen LogP contribution in [0.15, 0.2) is 12.7 Å². The Morgan fingerprint density at radius 2 is 1.93 bits per heavy atom. The molecule has 86 valence electrons. The molecular formula is C8H8F4O3. The average molecular weight is 228 g/mol. The van der Waals surface area contributed by atoms with Gasteiger partial charge >= 0.3 is 12.2 Å². The lowest BCUT2D eigenvalue weighted by molar-refractivity contribution is -0.530. The van der Waals surface area contributed by atoms with Gasteiger partial charge in [-0.2, -0.15) is 17.6 Å². The largest absolute Gasteiger partial charge is 0.395 e. The highest BCUT2D eigenvalue weighted by atomic mass is 19.3. The van der Waals surface area contributed by atoms with Crippen LogP contribution < -0.4 is 0 Å². The highest BCUT2D eigenvalue weighted by molar-refractivity contribution is 5.89. The Bertz CT molecular complexity index is 263. The topological polar surface area (TPSA) is 35.5 Å². The van der Waals surface area contributed by atoms with Crippen LogP contribution in [0, 0.1) is 0 Å². The van der Waals surface area contributed by atoms with Crippen LogP contribution in [0.1, 0.15) is 6.42 Å². The molecule has 1 heterocycles. The van der Waals surface area contributed by atoms with Crippen molar-refractivity contribution in [3.8, 4) is 0 Å². The van der Waals surface area contributed by atoms with Gasteiger partial charge < -0.3 is 4.74 Å². The molecule has 0 N–H and O–H groups in total. The van der Waals surface area contributed by atoms with E-state index < -0.39 is 30.7 Å². The standard InChI is InChI=1S/C8H8F4O3/c1-2-5(13)3-4-14-6-7(9,10)15-8(6,11)12/h2,6H,1,3-4H2. The molecule has 0 aromatic carbocycles. The summed E-state index contributed by atoms with van der Waals surface area (Å²) in [6, 6.07) is 0.